The second-order valence-corrected chi connectivity index (χ2v) is 6.49. The molecule has 1 aliphatic heterocycles. The number of hydrogen-bond acceptors (Lipinski definition) is 4. The predicted octanol–water partition coefficient (Wildman–Crippen LogP) is 3.97. The van der Waals surface area contributed by atoms with Crippen molar-refractivity contribution in [3.63, 3.8) is 0 Å². The van der Waals surface area contributed by atoms with Crippen LogP contribution in [0.5, 0.6) is 5.75 Å². The lowest BCUT2D eigenvalue weighted by atomic mass is 10.0. The molecule has 0 radical (unpaired) electrons. The van der Waals surface area contributed by atoms with Crippen LogP contribution in [0.1, 0.15) is 25.0 Å². The maximum absolute atomic E-state index is 13.1. The van der Waals surface area contributed by atoms with E-state index in [4.69, 9.17) is 16.3 Å². The maximum Gasteiger partial charge on any atom is 0.335 e. The van der Waals surface area contributed by atoms with Gasteiger partial charge in [0.1, 0.15) is 11.3 Å². The number of amides is 4. The zero-order chi connectivity index (χ0) is 20.3. The average molecular weight is 399 g/mol. The molecule has 1 fully saturated rings. The van der Waals surface area contributed by atoms with Crippen LogP contribution in [0.2, 0.25) is 5.02 Å². The molecule has 4 amide bonds. The van der Waals surface area contributed by atoms with Gasteiger partial charge in [0.05, 0.1) is 12.3 Å². The largest absolute Gasteiger partial charge is 0.493 e. The van der Waals surface area contributed by atoms with E-state index in [2.05, 4.69) is 5.32 Å². The number of carbonyl (C=O) groups is 3. The Balaban J connectivity index is 2.08. The molecule has 2 aromatic rings. The number of anilines is 1. The van der Waals surface area contributed by atoms with Crippen LogP contribution in [0.15, 0.2) is 48.0 Å². The number of ether oxygens (including phenoxy) is 1. The van der Waals surface area contributed by atoms with E-state index in [1.807, 2.05) is 26.0 Å². The lowest BCUT2D eigenvalue weighted by Crippen LogP contribution is -2.54. The third-order valence-corrected chi connectivity index (χ3v) is 4.52. The number of carbonyl (C=O) groups excluding carboxylic acids is 3. The molecule has 0 unspecified atom stereocenters. The van der Waals surface area contributed by atoms with Crippen LogP contribution in [-0.4, -0.2) is 24.5 Å². The first-order valence-corrected chi connectivity index (χ1v) is 9.25. The molecule has 0 aliphatic carbocycles. The average Bonchev–Trinajstić information content (AvgIpc) is 2.67. The first-order valence-electron chi connectivity index (χ1n) is 8.88. The molecule has 28 heavy (non-hydrogen) atoms. The van der Waals surface area contributed by atoms with Gasteiger partial charge in [-0.05, 0) is 49.2 Å². The van der Waals surface area contributed by atoms with Crippen LogP contribution in [0.25, 0.3) is 6.08 Å². The Morgan fingerprint density at radius 2 is 1.86 bits per heavy atom. The number of nitrogens with one attached hydrogen (secondary N) is 1. The van der Waals surface area contributed by atoms with Crippen LogP contribution >= 0.6 is 11.6 Å². The zero-order valence-electron chi connectivity index (χ0n) is 15.5. The van der Waals surface area contributed by atoms with Crippen molar-refractivity contribution in [1.29, 1.82) is 0 Å². The van der Waals surface area contributed by atoms with Crippen molar-refractivity contribution in [3.05, 3.63) is 64.2 Å². The molecular formula is C21H19ClN2O4. The highest BCUT2D eigenvalue weighted by Gasteiger charge is 2.37. The Kier molecular flexibility index (Phi) is 5.80. The molecule has 2 aromatic carbocycles. The molecule has 1 saturated heterocycles. The molecule has 0 atom stereocenters. The highest BCUT2D eigenvalue weighted by molar-refractivity contribution is 6.39. The summed E-state index contributed by atoms with van der Waals surface area (Å²) in [6.07, 6.45) is 2.02. The minimum atomic E-state index is -0.774. The lowest BCUT2D eigenvalue weighted by Gasteiger charge is -2.28. The summed E-state index contributed by atoms with van der Waals surface area (Å²) in [5, 5.41) is 2.66. The number of urea groups is 1. The molecule has 0 aromatic heterocycles. The third-order valence-electron chi connectivity index (χ3n) is 4.29. The standard InChI is InChI=1S/C21H19ClN2O4/c1-3-13-7-5-6-8-17(13)24-20(26)16(19(25)23-21(24)27)12-14-11-15(22)9-10-18(14)28-4-2/h5-12H,3-4H2,1-2H3,(H,23,25,27)/b16-12-. The Hall–Kier alpha value is -3.12. The summed E-state index contributed by atoms with van der Waals surface area (Å²) >= 11 is 6.06. The smallest absolute Gasteiger partial charge is 0.335 e. The third kappa shape index (κ3) is 3.77. The SMILES string of the molecule is CCOc1ccc(Cl)cc1/C=C1/C(=O)NC(=O)N(c2ccccc2CC)C1=O. The van der Waals surface area contributed by atoms with E-state index >= 15 is 0 Å². The van der Waals surface area contributed by atoms with Gasteiger partial charge in [0.2, 0.25) is 0 Å². The molecule has 144 valence electrons. The van der Waals surface area contributed by atoms with Gasteiger partial charge in [-0.25, -0.2) is 9.69 Å². The number of rotatable bonds is 5. The number of imide groups is 2. The van der Waals surface area contributed by atoms with Crippen molar-refractivity contribution in [2.24, 2.45) is 0 Å². The van der Waals surface area contributed by atoms with Crippen LogP contribution in [0.3, 0.4) is 0 Å². The van der Waals surface area contributed by atoms with Crippen molar-refractivity contribution in [1.82, 2.24) is 5.32 Å². The fourth-order valence-corrected chi connectivity index (χ4v) is 3.16. The summed E-state index contributed by atoms with van der Waals surface area (Å²) < 4.78 is 5.55. The molecule has 1 heterocycles. The maximum atomic E-state index is 13.1. The minimum absolute atomic E-state index is 0.172. The number of halogens is 1. The van der Waals surface area contributed by atoms with E-state index in [9.17, 15) is 14.4 Å². The van der Waals surface area contributed by atoms with Crippen LogP contribution in [0.4, 0.5) is 10.5 Å². The topological polar surface area (TPSA) is 75.7 Å². The highest BCUT2D eigenvalue weighted by Crippen LogP contribution is 2.29. The summed E-state index contributed by atoms with van der Waals surface area (Å²) in [7, 11) is 0. The number of hydrogen-bond donors (Lipinski definition) is 1. The fraction of sp³-hybridized carbons (Fsp3) is 0.190. The molecule has 1 N–H and O–H groups in total. The van der Waals surface area contributed by atoms with E-state index in [1.165, 1.54) is 6.08 Å². The lowest BCUT2D eigenvalue weighted by molar-refractivity contribution is -0.122. The quantitative estimate of drug-likeness (QED) is 0.610. The van der Waals surface area contributed by atoms with Crippen LogP contribution in [0, 0.1) is 0 Å². The molecule has 0 bridgehead atoms. The summed E-state index contributed by atoms with van der Waals surface area (Å²) in [5.41, 5.74) is 1.57. The molecule has 1 aliphatic rings. The fourth-order valence-electron chi connectivity index (χ4n) is 2.98. The number of para-hydroxylation sites is 1. The van der Waals surface area contributed by atoms with Gasteiger partial charge in [0, 0.05) is 10.6 Å². The molecular weight excluding hydrogens is 380 g/mol. The summed E-state index contributed by atoms with van der Waals surface area (Å²) in [5.74, 6) is -0.975. The summed E-state index contributed by atoms with van der Waals surface area (Å²) in [4.78, 5) is 38.8. The van der Waals surface area contributed by atoms with Gasteiger partial charge in [0.25, 0.3) is 11.8 Å². The van der Waals surface area contributed by atoms with E-state index < -0.39 is 17.8 Å². The van der Waals surface area contributed by atoms with Gasteiger partial charge in [-0.1, -0.05) is 36.7 Å². The van der Waals surface area contributed by atoms with Gasteiger partial charge in [-0.3, -0.25) is 14.9 Å². The van der Waals surface area contributed by atoms with Crippen molar-refractivity contribution in [3.8, 4) is 5.75 Å². The van der Waals surface area contributed by atoms with Crippen molar-refractivity contribution in [2.45, 2.75) is 20.3 Å². The zero-order valence-corrected chi connectivity index (χ0v) is 16.2. The molecule has 6 nitrogen and oxygen atoms in total. The van der Waals surface area contributed by atoms with E-state index in [-0.39, 0.29) is 5.57 Å². The first kappa shape index (κ1) is 19.6. The molecule has 7 heteroatoms. The van der Waals surface area contributed by atoms with Crippen LogP contribution in [-0.2, 0) is 16.0 Å². The van der Waals surface area contributed by atoms with Crippen LogP contribution < -0.4 is 15.0 Å². The number of barbiturate groups is 1. The first-order chi connectivity index (χ1) is 13.5. The normalized spacial score (nSPS) is 15.8. The van der Waals surface area contributed by atoms with Gasteiger partial charge in [-0.2, -0.15) is 0 Å². The van der Waals surface area contributed by atoms with Gasteiger partial charge in [-0.15, -0.1) is 0 Å². The molecule has 3 rings (SSSR count). The Labute approximate surface area is 167 Å². The number of benzene rings is 2. The van der Waals surface area contributed by atoms with E-state index in [0.29, 0.717) is 35.1 Å². The minimum Gasteiger partial charge on any atom is -0.493 e. The predicted molar refractivity (Wildman–Crippen MR) is 107 cm³/mol. The van der Waals surface area contributed by atoms with Crippen molar-refractivity contribution >= 4 is 41.2 Å². The van der Waals surface area contributed by atoms with Gasteiger partial charge < -0.3 is 4.74 Å². The second-order valence-electron chi connectivity index (χ2n) is 6.06. The number of aryl methyl sites for hydroxylation is 1. The van der Waals surface area contributed by atoms with E-state index in [0.717, 1.165) is 10.5 Å². The van der Waals surface area contributed by atoms with Gasteiger partial charge in [0.15, 0.2) is 0 Å². The molecule has 0 spiro atoms. The Bertz CT molecular complexity index is 984. The molecule has 0 saturated carbocycles. The monoisotopic (exact) mass is 398 g/mol. The van der Waals surface area contributed by atoms with Gasteiger partial charge >= 0.3 is 6.03 Å². The highest BCUT2D eigenvalue weighted by atomic mass is 35.5. The summed E-state index contributed by atoms with van der Waals surface area (Å²) in [6, 6.07) is 11.2. The van der Waals surface area contributed by atoms with E-state index in [1.54, 1.807) is 30.3 Å². The van der Waals surface area contributed by atoms with Crippen molar-refractivity contribution < 1.29 is 19.1 Å². The number of nitrogens with zero attached hydrogens (tertiary/aromatic N) is 1. The summed E-state index contributed by atoms with van der Waals surface area (Å²) in [6.45, 7) is 4.16. The Morgan fingerprint density at radius 3 is 2.57 bits per heavy atom. The second kappa shape index (κ2) is 8.27. The van der Waals surface area contributed by atoms with Crippen molar-refractivity contribution in [2.75, 3.05) is 11.5 Å². The Morgan fingerprint density at radius 1 is 1.11 bits per heavy atom.